The number of hydrogen-bond donors (Lipinski definition) is 1. The van der Waals surface area contributed by atoms with E-state index in [1.807, 2.05) is 0 Å². The highest BCUT2D eigenvalue weighted by Crippen LogP contribution is 2.36. The molecule has 17 heavy (non-hydrogen) atoms. The zero-order chi connectivity index (χ0) is 12.7. The van der Waals surface area contributed by atoms with Crippen LogP contribution in [0.4, 0.5) is 0 Å². The van der Waals surface area contributed by atoms with Crippen molar-refractivity contribution in [2.24, 2.45) is 0 Å². The van der Waals surface area contributed by atoms with Crippen molar-refractivity contribution >= 4 is 14.3 Å². The maximum atomic E-state index is 3.87. The normalized spacial score (nSPS) is 19.5. The highest BCUT2D eigenvalue weighted by molar-refractivity contribution is 6.77. The van der Waals surface area contributed by atoms with Crippen molar-refractivity contribution in [1.82, 2.24) is 4.98 Å². The molecule has 2 heteroatoms. The van der Waals surface area contributed by atoms with E-state index >= 15 is 0 Å². The molecule has 0 spiro atoms. The van der Waals surface area contributed by atoms with Gasteiger partial charge in [-0.2, -0.15) is 0 Å². The standard InChI is InChI=1S/C15H23NSi/c1-15(2,3)16-17(4,5)14-11-10-12-8-6-7-9-13(12)14/h6-11,14,16H,1-5H3. The molecule has 0 bridgehead atoms. The van der Waals surface area contributed by atoms with Gasteiger partial charge in [0.15, 0.2) is 0 Å². The lowest BCUT2D eigenvalue weighted by Crippen LogP contribution is -2.57. The van der Waals surface area contributed by atoms with Crippen molar-refractivity contribution in [1.29, 1.82) is 0 Å². The molecule has 0 radical (unpaired) electrons. The fourth-order valence-electron chi connectivity index (χ4n) is 2.92. The topological polar surface area (TPSA) is 12.0 Å². The van der Waals surface area contributed by atoms with Crippen molar-refractivity contribution in [3.63, 3.8) is 0 Å². The van der Waals surface area contributed by atoms with E-state index in [0.717, 1.165) is 0 Å². The molecule has 1 unspecified atom stereocenters. The van der Waals surface area contributed by atoms with Gasteiger partial charge in [-0.1, -0.05) is 49.5 Å². The van der Waals surface area contributed by atoms with Crippen molar-refractivity contribution in [2.75, 3.05) is 0 Å². The largest absolute Gasteiger partial charge is 0.332 e. The average Bonchev–Trinajstić information content (AvgIpc) is 2.57. The number of fused-ring (bicyclic) bond motifs is 1. The fraction of sp³-hybridized carbons (Fsp3) is 0.467. The molecule has 0 aromatic heterocycles. The molecule has 0 amide bonds. The third-order valence-corrected chi connectivity index (χ3v) is 6.73. The van der Waals surface area contributed by atoms with E-state index in [1.54, 1.807) is 0 Å². The number of benzene rings is 1. The smallest absolute Gasteiger partial charge is 0.131 e. The van der Waals surface area contributed by atoms with Crippen LogP contribution in [0.2, 0.25) is 13.1 Å². The van der Waals surface area contributed by atoms with E-state index in [9.17, 15) is 0 Å². The highest BCUT2D eigenvalue weighted by atomic mass is 28.3. The van der Waals surface area contributed by atoms with Crippen molar-refractivity contribution in [3.8, 4) is 0 Å². The highest BCUT2D eigenvalue weighted by Gasteiger charge is 2.37. The first-order valence-corrected chi connectivity index (χ1v) is 9.44. The predicted molar refractivity (Wildman–Crippen MR) is 78.6 cm³/mol. The second-order valence-corrected chi connectivity index (χ2v) is 10.9. The van der Waals surface area contributed by atoms with E-state index < -0.39 is 8.24 Å². The van der Waals surface area contributed by atoms with Crippen LogP contribution in [0.5, 0.6) is 0 Å². The monoisotopic (exact) mass is 245 g/mol. The Labute approximate surface area is 106 Å². The van der Waals surface area contributed by atoms with Gasteiger partial charge < -0.3 is 4.98 Å². The van der Waals surface area contributed by atoms with Crippen molar-refractivity contribution in [2.45, 2.75) is 44.9 Å². The van der Waals surface area contributed by atoms with E-state index in [-0.39, 0.29) is 5.54 Å². The van der Waals surface area contributed by atoms with Gasteiger partial charge >= 0.3 is 0 Å². The molecule has 1 nitrogen and oxygen atoms in total. The Bertz CT molecular complexity index is 440. The Hall–Kier alpha value is -0.863. The van der Waals surface area contributed by atoms with Gasteiger partial charge in [0.1, 0.15) is 8.24 Å². The quantitative estimate of drug-likeness (QED) is 0.779. The van der Waals surface area contributed by atoms with Gasteiger partial charge in [-0.25, -0.2) is 0 Å². The van der Waals surface area contributed by atoms with Gasteiger partial charge in [-0.05, 0) is 31.9 Å². The van der Waals surface area contributed by atoms with Crippen LogP contribution in [0.3, 0.4) is 0 Å². The van der Waals surface area contributed by atoms with Crippen LogP contribution >= 0.6 is 0 Å². The first-order chi connectivity index (χ1) is 7.80. The van der Waals surface area contributed by atoms with Crippen LogP contribution < -0.4 is 4.98 Å². The van der Waals surface area contributed by atoms with Crippen LogP contribution in [-0.2, 0) is 0 Å². The summed E-state index contributed by atoms with van der Waals surface area (Å²) in [7, 11) is -1.49. The van der Waals surface area contributed by atoms with E-state index in [2.05, 4.69) is 75.3 Å². The molecule has 1 N–H and O–H groups in total. The lowest BCUT2D eigenvalue weighted by molar-refractivity contribution is 0.509. The Kier molecular flexibility index (Phi) is 3.04. The average molecular weight is 245 g/mol. The number of allylic oxidation sites excluding steroid dienone is 1. The molecular weight excluding hydrogens is 222 g/mol. The van der Waals surface area contributed by atoms with E-state index in [4.69, 9.17) is 0 Å². The summed E-state index contributed by atoms with van der Waals surface area (Å²) in [5.74, 6) is 0. The third-order valence-electron chi connectivity index (χ3n) is 3.27. The second kappa shape index (κ2) is 4.11. The van der Waals surface area contributed by atoms with Gasteiger partial charge in [0, 0.05) is 11.1 Å². The molecule has 0 saturated heterocycles. The molecule has 0 fully saturated rings. The summed E-state index contributed by atoms with van der Waals surface area (Å²) in [6, 6.07) is 8.77. The summed E-state index contributed by atoms with van der Waals surface area (Å²) in [5.41, 5.74) is 3.69. The molecule has 1 aliphatic rings. The Morgan fingerprint density at radius 2 is 1.76 bits per heavy atom. The SMILES string of the molecule is CC(C)(C)N[Si](C)(C)C1C=Cc2ccccc21. The summed E-state index contributed by atoms with van der Waals surface area (Å²) < 4.78 is 0. The van der Waals surface area contributed by atoms with Crippen LogP contribution in [-0.4, -0.2) is 13.8 Å². The summed E-state index contributed by atoms with van der Waals surface area (Å²) in [6.45, 7) is 11.6. The zero-order valence-electron chi connectivity index (χ0n) is 11.5. The van der Waals surface area contributed by atoms with Crippen LogP contribution in [0.1, 0.15) is 37.4 Å². The number of rotatable bonds is 2. The molecular formula is C15H23NSi. The fourth-order valence-corrected chi connectivity index (χ4v) is 6.63. The van der Waals surface area contributed by atoms with Gasteiger partial charge in [-0.3, -0.25) is 0 Å². The van der Waals surface area contributed by atoms with Gasteiger partial charge in [-0.15, -0.1) is 0 Å². The summed E-state index contributed by atoms with van der Waals surface area (Å²) >= 11 is 0. The van der Waals surface area contributed by atoms with E-state index in [0.29, 0.717) is 5.54 Å². The minimum absolute atomic E-state index is 0.196. The molecule has 1 aromatic carbocycles. The van der Waals surface area contributed by atoms with Crippen molar-refractivity contribution < 1.29 is 0 Å². The van der Waals surface area contributed by atoms with Crippen LogP contribution in [0.25, 0.3) is 6.08 Å². The minimum atomic E-state index is -1.49. The number of hydrogen-bond acceptors (Lipinski definition) is 1. The molecule has 2 rings (SSSR count). The summed E-state index contributed by atoms with van der Waals surface area (Å²) in [4.78, 5) is 3.87. The third kappa shape index (κ3) is 2.69. The Morgan fingerprint density at radius 3 is 2.41 bits per heavy atom. The molecule has 1 aliphatic carbocycles. The minimum Gasteiger partial charge on any atom is -0.332 e. The summed E-state index contributed by atoms with van der Waals surface area (Å²) in [6.07, 6.45) is 4.66. The first kappa shape index (κ1) is 12.6. The molecule has 0 aliphatic heterocycles. The van der Waals surface area contributed by atoms with Gasteiger partial charge in [0.05, 0.1) is 0 Å². The second-order valence-electron chi connectivity index (χ2n) is 6.56. The Balaban J connectivity index is 2.28. The first-order valence-electron chi connectivity index (χ1n) is 6.36. The van der Waals surface area contributed by atoms with Gasteiger partial charge in [0.25, 0.3) is 0 Å². The van der Waals surface area contributed by atoms with E-state index in [1.165, 1.54) is 11.1 Å². The summed E-state index contributed by atoms with van der Waals surface area (Å²) in [5, 5.41) is 0. The molecule has 1 aromatic rings. The van der Waals surface area contributed by atoms with Crippen LogP contribution in [0.15, 0.2) is 30.3 Å². The molecule has 1 atom stereocenters. The number of nitrogens with one attached hydrogen (secondary N) is 1. The molecule has 92 valence electrons. The lowest BCUT2D eigenvalue weighted by Gasteiger charge is -2.37. The zero-order valence-corrected chi connectivity index (χ0v) is 12.5. The molecule has 0 heterocycles. The maximum Gasteiger partial charge on any atom is 0.131 e. The predicted octanol–water partition coefficient (Wildman–Crippen LogP) is 3.93. The lowest BCUT2D eigenvalue weighted by atomic mass is 10.1. The van der Waals surface area contributed by atoms with Gasteiger partial charge in [0.2, 0.25) is 0 Å². The Morgan fingerprint density at radius 1 is 1.12 bits per heavy atom. The molecule has 0 saturated carbocycles. The van der Waals surface area contributed by atoms with Crippen LogP contribution in [0, 0.1) is 0 Å². The van der Waals surface area contributed by atoms with Crippen molar-refractivity contribution in [3.05, 3.63) is 41.5 Å². The maximum absolute atomic E-state index is 3.87.